The fourth-order valence-electron chi connectivity index (χ4n) is 1.25. The molecule has 0 radical (unpaired) electrons. The first-order chi connectivity index (χ1) is 7.13. The molecule has 0 unspecified atom stereocenters. The molecule has 1 rings (SSSR count). The van der Waals surface area contributed by atoms with Gasteiger partial charge in [-0.25, -0.2) is 0 Å². The molecule has 0 spiro atoms. The number of rotatable bonds is 5. The Kier molecular flexibility index (Phi) is 5.12. The van der Waals surface area contributed by atoms with Gasteiger partial charge in [-0.15, -0.1) is 0 Å². The molecular weight excluding hydrogens is 254 g/mol. The molecule has 0 amide bonds. The molecule has 0 atom stereocenters. The van der Waals surface area contributed by atoms with E-state index >= 15 is 0 Å². The minimum absolute atomic E-state index is 0.510. The van der Waals surface area contributed by atoms with E-state index in [-0.39, 0.29) is 0 Å². The quantitative estimate of drug-likeness (QED) is 0.892. The summed E-state index contributed by atoms with van der Waals surface area (Å²) >= 11 is 3.42. The summed E-state index contributed by atoms with van der Waals surface area (Å²) in [6, 6.07) is 5.95. The van der Waals surface area contributed by atoms with Crippen molar-refractivity contribution >= 4 is 15.9 Å². The zero-order valence-electron chi connectivity index (χ0n) is 9.29. The maximum atomic E-state index is 5.69. The number of hydrogen-bond acceptors (Lipinski definition) is 2. The summed E-state index contributed by atoms with van der Waals surface area (Å²) in [6.45, 7) is 5.65. The van der Waals surface area contributed by atoms with Crippen molar-refractivity contribution in [2.75, 3.05) is 6.61 Å². The van der Waals surface area contributed by atoms with Gasteiger partial charge in [-0.2, -0.15) is 0 Å². The second kappa shape index (κ2) is 6.13. The van der Waals surface area contributed by atoms with E-state index in [1.54, 1.807) is 0 Å². The molecule has 0 saturated carbocycles. The highest BCUT2D eigenvalue weighted by Crippen LogP contribution is 2.23. The predicted molar refractivity (Wildman–Crippen MR) is 67.0 cm³/mol. The zero-order chi connectivity index (χ0) is 11.3. The SMILES string of the molecule is CC(C)CCOc1ccc(Br)cc1CN. The van der Waals surface area contributed by atoms with E-state index in [4.69, 9.17) is 10.5 Å². The lowest BCUT2D eigenvalue weighted by Crippen LogP contribution is -2.05. The Morgan fingerprint density at radius 1 is 1.40 bits per heavy atom. The van der Waals surface area contributed by atoms with Gasteiger partial charge >= 0.3 is 0 Å². The van der Waals surface area contributed by atoms with E-state index in [9.17, 15) is 0 Å². The maximum absolute atomic E-state index is 5.69. The van der Waals surface area contributed by atoms with Crippen molar-refractivity contribution in [2.45, 2.75) is 26.8 Å². The molecule has 0 saturated heterocycles. The summed E-state index contributed by atoms with van der Waals surface area (Å²) in [6.07, 6.45) is 1.07. The van der Waals surface area contributed by atoms with Gasteiger partial charge in [0.2, 0.25) is 0 Å². The summed E-state index contributed by atoms with van der Waals surface area (Å²) in [5.41, 5.74) is 6.70. The van der Waals surface area contributed by atoms with E-state index in [1.165, 1.54) is 0 Å². The fourth-order valence-corrected chi connectivity index (χ4v) is 1.66. The van der Waals surface area contributed by atoms with E-state index in [0.29, 0.717) is 12.5 Å². The van der Waals surface area contributed by atoms with Crippen molar-refractivity contribution in [3.63, 3.8) is 0 Å². The number of ether oxygens (including phenoxy) is 1. The highest BCUT2D eigenvalue weighted by molar-refractivity contribution is 9.10. The molecule has 0 aliphatic heterocycles. The summed E-state index contributed by atoms with van der Waals surface area (Å²) in [5.74, 6) is 1.57. The summed E-state index contributed by atoms with van der Waals surface area (Å²) in [5, 5.41) is 0. The predicted octanol–water partition coefficient (Wildman–Crippen LogP) is 3.33. The van der Waals surface area contributed by atoms with Crippen LogP contribution >= 0.6 is 15.9 Å². The lowest BCUT2D eigenvalue weighted by atomic mass is 10.1. The molecule has 0 aliphatic carbocycles. The minimum atomic E-state index is 0.510. The Bertz CT molecular complexity index is 312. The first kappa shape index (κ1) is 12.5. The smallest absolute Gasteiger partial charge is 0.123 e. The molecule has 0 bridgehead atoms. The largest absolute Gasteiger partial charge is 0.493 e. The van der Waals surface area contributed by atoms with Crippen LogP contribution in [0.3, 0.4) is 0 Å². The Hall–Kier alpha value is -0.540. The van der Waals surface area contributed by atoms with Crippen LogP contribution in [0.5, 0.6) is 5.75 Å². The van der Waals surface area contributed by atoms with Crippen molar-refractivity contribution in [3.05, 3.63) is 28.2 Å². The van der Waals surface area contributed by atoms with Gasteiger partial charge in [0.25, 0.3) is 0 Å². The summed E-state index contributed by atoms with van der Waals surface area (Å²) in [4.78, 5) is 0. The molecule has 2 N–H and O–H groups in total. The number of halogens is 1. The third-order valence-electron chi connectivity index (χ3n) is 2.20. The van der Waals surface area contributed by atoms with Crippen LogP contribution in [0.15, 0.2) is 22.7 Å². The Morgan fingerprint density at radius 3 is 2.73 bits per heavy atom. The third kappa shape index (κ3) is 4.22. The van der Waals surface area contributed by atoms with Crippen LogP contribution in [0.2, 0.25) is 0 Å². The molecule has 0 aromatic heterocycles. The van der Waals surface area contributed by atoms with Crippen molar-refractivity contribution in [1.29, 1.82) is 0 Å². The second-order valence-corrected chi connectivity index (χ2v) is 4.90. The van der Waals surface area contributed by atoms with E-state index in [0.717, 1.165) is 28.8 Å². The number of hydrogen-bond donors (Lipinski definition) is 1. The van der Waals surface area contributed by atoms with Crippen LogP contribution in [-0.4, -0.2) is 6.61 Å². The molecule has 15 heavy (non-hydrogen) atoms. The second-order valence-electron chi connectivity index (χ2n) is 3.99. The molecule has 0 fully saturated rings. The first-order valence-corrected chi connectivity index (χ1v) is 6.04. The van der Waals surface area contributed by atoms with Gasteiger partial charge in [0.15, 0.2) is 0 Å². The molecule has 1 aromatic carbocycles. The van der Waals surface area contributed by atoms with Gasteiger partial charge < -0.3 is 10.5 Å². The van der Waals surface area contributed by atoms with Crippen LogP contribution in [-0.2, 0) is 6.54 Å². The Morgan fingerprint density at radius 2 is 2.13 bits per heavy atom. The van der Waals surface area contributed by atoms with Gasteiger partial charge in [0, 0.05) is 16.6 Å². The van der Waals surface area contributed by atoms with Gasteiger partial charge in [-0.3, -0.25) is 0 Å². The highest BCUT2D eigenvalue weighted by atomic mass is 79.9. The van der Waals surface area contributed by atoms with Gasteiger partial charge in [0.05, 0.1) is 6.61 Å². The maximum Gasteiger partial charge on any atom is 0.123 e. The van der Waals surface area contributed by atoms with Crippen molar-refractivity contribution in [1.82, 2.24) is 0 Å². The van der Waals surface area contributed by atoms with Gasteiger partial charge in [0.1, 0.15) is 5.75 Å². The van der Waals surface area contributed by atoms with Crippen LogP contribution in [0.4, 0.5) is 0 Å². The summed E-state index contributed by atoms with van der Waals surface area (Å²) < 4.78 is 6.73. The monoisotopic (exact) mass is 271 g/mol. The molecule has 1 aromatic rings. The third-order valence-corrected chi connectivity index (χ3v) is 2.69. The lowest BCUT2D eigenvalue weighted by Gasteiger charge is -2.11. The molecule has 3 heteroatoms. The molecule has 2 nitrogen and oxygen atoms in total. The van der Waals surface area contributed by atoms with Gasteiger partial charge in [-0.05, 0) is 30.5 Å². The minimum Gasteiger partial charge on any atom is -0.493 e. The molecular formula is C12H18BrNO. The number of benzene rings is 1. The van der Waals surface area contributed by atoms with Crippen LogP contribution in [0.25, 0.3) is 0 Å². The van der Waals surface area contributed by atoms with Crippen molar-refractivity contribution < 1.29 is 4.74 Å². The summed E-state index contributed by atoms with van der Waals surface area (Å²) in [7, 11) is 0. The fraction of sp³-hybridized carbons (Fsp3) is 0.500. The first-order valence-electron chi connectivity index (χ1n) is 5.24. The topological polar surface area (TPSA) is 35.2 Å². The lowest BCUT2D eigenvalue weighted by molar-refractivity contribution is 0.287. The van der Waals surface area contributed by atoms with Crippen molar-refractivity contribution in [3.8, 4) is 5.75 Å². The van der Waals surface area contributed by atoms with E-state index < -0.39 is 0 Å². The van der Waals surface area contributed by atoms with Crippen LogP contribution in [0, 0.1) is 5.92 Å². The van der Waals surface area contributed by atoms with Crippen molar-refractivity contribution in [2.24, 2.45) is 11.7 Å². The van der Waals surface area contributed by atoms with Crippen LogP contribution in [0.1, 0.15) is 25.8 Å². The molecule has 84 valence electrons. The van der Waals surface area contributed by atoms with E-state index in [1.807, 2.05) is 18.2 Å². The normalized spacial score (nSPS) is 10.7. The van der Waals surface area contributed by atoms with Crippen LogP contribution < -0.4 is 10.5 Å². The number of nitrogens with two attached hydrogens (primary N) is 1. The van der Waals surface area contributed by atoms with E-state index in [2.05, 4.69) is 29.8 Å². The molecule has 0 aliphatic rings. The standard InChI is InChI=1S/C12H18BrNO/c1-9(2)5-6-15-12-4-3-11(13)7-10(12)8-14/h3-4,7,9H,5-6,8,14H2,1-2H3. The Balaban J connectivity index is 2.60. The average Bonchev–Trinajstić information content (AvgIpc) is 2.19. The van der Waals surface area contributed by atoms with Gasteiger partial charge in [-0.1, -0.05) is 29.8 Å². The zero-order valence-corrected chi connectivity index (χ0v) is 10.9. The molecule has 0 heterocycles. The average molecular weight is 272 g/mol. The Labute approximate surface area is 99.9 Å². The highest BCUT2D eigenvalue weighted by Gasteiger charge is 2.03.